The summed E-state index contributed by atoms with van der Waals surface area (Å²) in [7, 11) is -2.52. The first-order chi connectivity index (χ1) is 14.4. The Balaban J connectivity index is 1.84. The summed E-state index contributed by atoms with van der Waals surface area (Å²) in [5.41, 5.74) is 1.48. The van der Waals surface area contributed by atoms with Crippen molar-refractivity contribution < 1.29 is 28.0 Å². The molecule has 0 aromatic heterocycles. The number of urea groups is 1. The summed E-state index contributed by atoms with van der Waals surface area (Å²) in [5.74, 6) is -0.380. The number of carbonyl (C=O) groups excluding carboxylic acids is 2. The Bertz CT molecular complexity index is 794. The zero-order chi connectivity index (χ0) is 22.0. The third-order valence-corrected chi connectivity index (χ3v) is 6.48. The molecule has 0 aliphatic heterocycles. The van der Waals surface area contributed by atoms with Crippen LogP contribution < -0.4 is 25.6 Å². The van der Waals surface area contributed by atoms with Crippen LogP contribution in [0.25, 0.3) is 0 Å². The third kappa shape index (κ3) is 7.47. The minimum Gasteiger partial charge on any atom is -0.497 e. The number of benzene rings is 1. The molecule has 30 heavy (non-hydrogen) atoms. The molecular formula is C19H30N4O6S. The highest BCUT2D eigenvalue weighted by Crippen LogP contribution is 2.17. The van der Waals surface area contributed by atoms with E-state index < -0.39 is 22.0 Å². The van der Waals surface area contributed by atoms with Crippen LogP contribution in [0.5, 0.6) is 5.75 Å². The minimum absolute atomic E-state index is 0.0379. The molecule has 1 saturated carbocycles. The Kier molecular flexibility index (Phi) is 9.34. The first kappa shape index (κ1) is 23.9. The molecule has 5 N–H and O–H groups in total. The van der Waals surface area contributed by atoms with Gasteiger partial charge in [-0.2, -0.15) is 4.72 Å². The molecule has 1 aliphatic carbocycles. The van der Waals surface area contributed by atoms with Crippen LogP contribution in [-0.4, -0.2) is 51.3 Å². The second kappa shape index (κ2) is 11.7. The van der Waals surface area contributed by atoms with E-state index in [0.717, 1.165) is 25.7 Å². The Morgan fingerprint density at radius 3 is 2.43 bits per heavy atom. The fraction of sp³-hybridized carbons (Fsp3) is 0.579. The molecule has 0 heterocycles. The van der Waals surface area contributed by atoms with E-state index in [0.29, 0.717) is 12.2 Å². The predicted molar refractivity (Wildman–Crippen MR) is 110 cm³/mol. The maximum absolute atomic E-state index is 12.5. The lowest BCUT2D eigenvalue weighted by molar-refractivity contribution is -0.131. The molecular weight excluding hydrogens is 412 g/mol. The van der Waals surface area contributed by atoms with E-state index in [2.05, 4.69) is 15.4 Å². The molecule has 1 aromatic carbocycles. The molecule has 2 rings (SSSR count). The van der Waals surface area contributed by atoms with Crippen LogP contribution in [0.15, 0.2) is 29.2 Å². The fourth-order valence-electron chi connectivity index (χ4n) is 3.32. The minimum atomic E-state index is -3.99. The number of hydroxylamine groups is 1. The molecule has 0 bridgehead atoms. The number of sulfonamides is 1. The molecule has 1 fully saturated rings. The van der Waals surface area contributed by atoms with Gasteiger partial charge >= 0.3 is 6.03 Å². The Morgan fingerprint density at radius 1 is 1.17 bits per heavy atom. The highest BCUT2D eigenvalue weighted by atomic mass is 32.2. The van der Waals surface area contributed by atoms with E-state index >= 15 is 0 Å². The van der Waals surface area contributed by atoms with Gasteiger partial charge in [0.25, 0.3) is 5.91 Å². The van der Waals surface area contributed by atoms with Gasteiger partial charge in [0.05, 0.1) is 12.0 Å². The van der Waals surface area contributed by atoms with Gasteiger partial charge in [-0.1, -0.05) is 19.3 Å². The van der Waals surface area contributed by atoms with Gasteiger partial charge in [0.15, 0.2) is 0 Å². The number of hydrogen-bond donors (Lipinski definition) is 5. The van der Waals surface area contributed by atoms with Gasteiger partial charge in [-0.05, 0) is 49.9 Å². The number of amides is 3. The largest absolute Gasteiger partial charge is 0.497 e. The van der Waals surface area contributed by atoms with Crippen molar-refractivity contribution in [3.05, 3.63) is 24.3 Å². The van der Waals surface area contributed by atoms with E-state index in [4.69, 9.17) is 9.94 Å². The SMILES string of the molecule is COc1ccc(S(=O)(=O)N[C@H](CCCNC(=O)NC2CCCCC2)C(=O)NO)cc1. The van der Waals surface area contributed by atoms with Crippen LogP contribution in [0, 0.1) is 0 Å². The Morgan fingerprint density at radius 2 is 1.83 bits per heavy atom. The normalized spacial score (nSPS) is 15.8. The van der Waals surface area contributed by atoms with Crippen LogP contribution in [0.2, 0.25) is 0 Å². The second-order valence-electron chi connectivity index (χ2n) is 7.20. The van der Waals surface area contributed by atoms with Crippen molar-refractivity contribution in [2.75, 3.05) is 13.7 Å². The molecule has 1 aliphatic rings. The van der Waals surface area contributed by atoms with Crippen molar-refractivity contribution in [1.82, 2.24) is 20.8 Å². The molecule has 168 valence electrons. The first-order valence-electron chi connectivity index (χ1n) is 10.0. The average Bonchev–Trinajstić information content (AvgIpc) is 2.76. The van der Waals surface area contributed by atoms with Crippen LogP contribution in [-0.2, 0) is 14.8 Å². The molecule has 0 spiro atoms. The molecule has 1 atom stereocenters. The van der Waals surface area contributed by atoms with Crippen molar-refractivity contribution in [3.63, 3.8) is 0 Å². The summed E-state index contributed by atoms with van der Waals surface area (Å²) in [4.78, 5) is 23.8. The van der Waals surface area contributed by atoms with Gasteiger partial charge in [-0.3, -0.25) is 10.0 Å². The van der Waals surface area contributed by atoms with Crippen molar-refractivity contribution >= 4 is 22.0 Å². The molecule has 10 nitrogen and oxygen atoms in total. The summed E-state index contributed by atoms with van der Waals surface area (Å²) in [5, 5.41) is 14.6. The van der Waals surface area contributed by atoms with Crippen LogP contribution in [0.4, 0.5) is 4.79 Å². The quantitative estimate of drug-likeness (QED) is 0.209. The molecule has 3 amide bonds. The lowest BCUT2D eigenvalue weighted by Gasteiger charge is -2.23. The van der Waals surface area contributed by atoms with Gasteiger partial charge in [-0.25, -0.2) is 18.7 Å². The Hall–Kier alpha value is -2.37. The lowest BCUT2D eigenvalue weighted by atomic mass is 9.96. The van der Waals surface area contributed by atoms with Crippen molar-refractivity contribution in [2.24, 2.45) is 0 Å². The lowest BCUT2D eigenvalue weighted by Crippen LogP contribution is -2.46. The highest BCUT2D eigenvalue weighted by molar-refractivity contribution is 7.89. The van der Waals surface area contributed by atoms with Crippen molar-refractivity contribution in [2.45, 2.75) is 61.9 Å². The summed E-state index contributed by atoms with van der Waals surface area (Å²) in [6, 6.07) is 4.41. The fourth-order valence-corrected chi connectivity index (χ4v) is 4.55. The van der Waals surface area contributed by atoms with Crippen LogP contribution >= 0.6 is 0 Å². The molecule has 1 aromatic rings. The zero-order valence-electron chi connectivity index (χ0n) is 17.0. The van der Waals surface area contributed by atoms with E-state index in [1.807, 2.05) is 0 Å². The van der Waals surface area contributed by atoms with E-state index in [9.17, 15) is 18.0 Å². The smallest absolute Gasteiger partial charge is 0.315 e. The zero-order valence-corrected chi connectivity index (χ0v) is 17.8. The molecule has 11 heteroatoms. The number of methoxy groups -OCH3 is 1. The number of ether oxygens (including phenoxy) is 1. The van der Waals surface area contributed by atoms with Crippen molar-refractivity contribution in [1.29, 1.82) is 0 Å². The van der Waals surface area contributed by atoms with E-state index in [1.54, 1.807) is 0 Å². The van der Waals surface area contributed by atoms with Gasteiger partial charge < -0.3 is 15.4 Å². The van der Waals surface area contributed by atoms with Crippen LogP contribution in [0.3, 0.4) is 0 Å². The monoisotopic (exact) mass is 442 g/mol. The van der Waals surface area contributed by atoms with E-state index in [-0.39, 0.29) is 29.9 Å². The third-order valence-electron chi connectivity index (χ3n) is 4.99. The van der Waals surface area contributed by atoms with Gasteiger partial charge in [0, 0.05) is 12.6 Å². The standard InChI is InChI=1S/C19H30N4O6S/c1-29-15-9-11-16(12-10-15)30(27,28)23-17(18(24)22-26)8-5-13-20-19(25)21-14-6-3-2-4-7-14/h9-12,14,17,23,26H,2-8,13H2,1H3,(H,22,24)(H2,20,21,25)/t17-/m1/s1. The molecule has 0 saturated heterocycles. The summed E-state index contributed by atoms with van der Waals surface area (Å²) in [6.07, 6.45) is 5.78. The summed E-state index contributed by atoms with van der Waals surface area (Å²) in [6.45, 7) is 0.262. The highest BCUT2D eigenvalue weighted by Gasteiger charge is 2.25. The molecule has 0 unspecified atom stereocenters. The maximum Gasteiger partial charge on any atom is 0.315 e. The number of carbonyl (C=O) groups is 2. The number of rotatable bonds is 10. The summed E-state index contributed by atoms with van der Waals surface area (Å²) >= 11 is 0. The first-order valence-corrected chi connectivity index (χ1v) is 11.5. The second-order valence-corrected chi connectivity index (χ2v) is 8.92. The Labute approximate surface area is 176 Å². The van der Waals surface area contributed by atoms with Gasteiger partial charge in [0.1, 0.15) is 11.8 Å². The maximum atomic E-state index is 12.5. The van der Waals surface area contributed by atoms with Gasteiger partial charge in [0.2, 0.25) is 10.0 Å². The van der Waals surface area contributed by atoms with Crippen LogP contribution in [0.1, 0.15) is 44.9 Å². The number of hydrogen-bond acceptors (Lipinski definition) is 6. The predicted octanol–water partition coefficient (Wildman–Crippen LogP) is 1.26. The summed E-state index contributed by atoms with van der Waals surface area (Å²) < 4.78 is 32.3. The van der Waals surface area contributed by atoms with Crippen molar-refractivity contribution in [3.8, 4) is 5.75 Å². The molecule has 0 radical (unpaired) electrons. The average molecular weight is 443 g/mol. The van der Waals surface area contributed by atoms with E-state index in [1.165, 1.54) is 43.3 Å². The number of nitrogens with one attached hydrogen (secondary N) is 4. The van der Waals surface area contributed by atoms with Gasteiger partial charge in [-0.15, -0.1) is 0 Å². The topological polar surface area (TPSA) is 146 Å².